The molecule has 0 aliphatic heterocycles. The fourth-order valence-electron chi connectivity index (χ4n) is 2.01. The summed E-state index contributed by atoms with van der Waals surface area (Å²) in [6, 6.07) is 1.75. The minimum Gasteiger partial charge on any atom is -0.493 e. The first-order valence-corrected chi connectivity index (χ1v) is 5.11. The molecule has 0 aromatic heterocycles. The van der Waals surface area contributed by atoms with E-state index in [4.69, 9.17) is 9.47 Å². The molecule has 4 heteroatoms. The number of hydrogen-bond donors (Lipinski definition) is 0. The number of ketones is 1. The molecule has 1 aromatic carbocycles. The summed E-state index contributed by atoms with van der Waals surface area (Å²) in [7, 11) is 2.86. The van der Waals surface area contributed by atoms with Crippen molar-refractivity contribution in [2.24, 2.45) is 0 Å². The van der Waals surface area contributed by atoms with Crippen LogP contribution >= 0.6 is 0 Å². The maximum Gasteiger partial charge on any atom is 0.197 e. The predicted molar refractivity (Wildman–Crippen MR) is 56.5 cm³/mol. The summed E-state index contributed by atoms with van der Waals surface area (Å²) in [5.41, 5.74) is 1.30. The van der Waals surface area contributed by atoms with E-state index in [2.05, 4.69) is 0 Å². The highest BCUT2D eigenvalue weighted by atomic mass is 19.1. The lowest BCUT2D eigenvalue weighted by Gasteiger charge is -2.19. The number of rotatable bonds is 2. The Bertz CT molecular complexity index is 440. The van der Waals surface area contributed by atoms with Gasteiger partial charge in [-0.25, -0.2) is 4.39 Å². The minimum absolute atomic E-state index is 0.0682. The van der Waals surface area contributed by atoms with Gasteiger partial charge in [-0.05, 0) is 18.1 Å². The second-order valence-corrected chi connectivity index (χ2v) is 3.78. The van der Waals surface area contributed by atoms with Gasteiger partial charge in [-0.1, -0.05) is 0 Å². The number of carbonyl (C=O) groups is 1. The predicted octanol–water partition coefficient (Wildman–Crippen LogP) is 1.90. The molecule has 0 N–H and O–H groups in total. The van der Waals surface area contributed by atoms with E-state index in [0.29, 0.717) is 24.2 Å². The van der Waals surface area contributed by atoms with Crippen molar-refractivity contribution in [3.63, 3.8) is 0 Å². The lowest BCUT2D eigenvalue weighted by molar-refractivity contribution is -0.118. The Morgan fingerprint density at radius 2 is 2.00 bits per heavy atom. The number of hydrogen-bond acceptors (Lipinski definition) is 3. The van der Waals surface area contributed by atoms with Crippen molar-refractivity contribution in [3.8, 4) is 11.5 Å². The molecule has 1 aliphatic carbocycles. The van der Waals surface area contributed by atoms with Crippen LogP contribution in [-0.4, -0.2) is 20.0 Å². The van der Waals surface area contributed by atoms with Crippen molar-refractivity contribution in [2.75, 3.05) is 14.2 Å². The number of benzene rings is 1. The summed E-state index contributed by atoms with van der Waals surface area (Å²) in [4.78, 5) is 11.3. The Kier molecular flexibility index (Phi) is 2.81. The van der Waals surface area contributed by atoms with Crippen LogP contribution < -0.4 is 9.47 Å². The lowest BCUT2D eigenvalue weighted by atomic mass is 9.90. The number of aryl methyl sites for hydroxylation is 1. The third-order valence-electron chi connectivity index (χ3n) is 2.85. The van der Waals surface area contributed by atoms with Gasteiger partial charge in [0.2, 0.25) is 0 Å². The lowest BCUT2D eigenvalue weighted by Crippen LogP contribution is -2.16. The summed E-state index contributed by atoms with van der Waals surface area (Å²) in [5, 5.41) is 0. The Morgan fingerprint density at radius 3 is 2.62 bits per heavy atom. The summed E-state index contributed by atoms with van der Waals surface area (Å²) in [6.07, 6.45) is 1.20. The van der Waals surface area contributed by atoms with Gasteiger partial charge in [-0.3, -0.25) is 4.79 Å². The monoisotopic (exact) mass is 224 g/mol. The second kappa shape index (κ2) is 4.12. The van der Waals surface area contributed by atoms with Crippen molar-refractivity contribution in [2.45, 2.75) is 19.3 Å². The molecule has 0 amide bonds. The van der Waals surface area contributed by atoms with Crippen LogP contribution in [-0.2, 0) is 17.6 Å². The number of fused-ring (bicyclic) bond motifs is 1. The van der Waals surface area contributed by atoms with Crippen LogP contribution in [0.5, 0.6) is 11.5 Å². The molecule has 0 saturated carbocycles. The van der Waals surface area contributed by atoms with E-state index < -0.39 is 5.82 Å². The Balaban J connectivity index is 2.58. The molecule has 0 heterocycles. The first kappa shape index (κ1) is 10.9. The molecule has 0 bridgehead atoms. The Morgan fingerprint density at radius 1 is 1.25 bits per heavy atom. The number of carbonyl (C=O) groups excluding carboxylic acids is 1. The van der Waals surface area contributed by atoms with E-state index >= 15 is 0 Å². The van der Waals surface area contributed by atoms with Crippen LogP contribution in [0.1, 0.15) is 17.5 Å². The van der Waals surface area contributed by atoms with Crippen LogP contribution in [0.3, 0.4) is 0 Å². The normalized spacial score (nSPS) is 14.6. The zero-order chi connectivity index (χ0) is 11.7. The highest BCUT2D eigenvalue weighted by Gasteiger charge is 2.24. The van der Waals surface area contributed by atoms with Gasteiger partial charge in [0.25, 0.3) is 0 Å². The maximum atomic E-state index is 14.0. The zero-order valence-electron chi connectivity index (χ0n) is 9.30. The molecule has 0 unspecified atom stereocenters. The SMILES string of the molecule is COc1cc2c(c(F)c1OC)CC(=O)CC2. The molecule has 1 aromatic rings. The van der Waals surface area contributed by atoms with Crippen LogP contribution in [0.15, 0.2) is 6.07 Å². The third kappa shape index (κ3) is 1.64. The molecule has 3 nitrogen and oxygen atoms in total. The quantitative estimate of drug-likeness (QED) is 0.769. The first-order chi connectivity index (χ1) is 7.67. The number of methoxy groups -OCH3 is 2. The molecular formula is C12H13FO3. The average Bonchev–Trinajstić information content (AvgIpc) is 2.29. The first-order valence-electron chi connectivity index (χ1n) is 5.11. The minimum atomic E-state index is -0.468. The third-order valence-corrected chi connectivity index (χ3v) is 2.85. The average molecular weight is 224 g/mol. The van der Waals surface area contributed by atoms with Crippen molar-refractivity contribution in [1.82, 2.24) is 0 Å². The van der Waals surface area contributed by atoms with Crippen molar-refractivity contribution in [1.29, 1.82) is 0 Å². The van der Waals surface area contributed by atoms with E-state index in [-0.39, 0.29) is 18.0 Å². The highest BCUT2D eigenvalue weighted by Crippen LogP contribution is 2.36. The van der Waals surface area contributed by atoms with Gasteiger partial charge in [0, 0.05) is 18.4 Å². The van der Waals surface area contributed by atoms with Gasteiger partial charge >= 0.3 is 0 Å². The smallest absolute Gasteiger partial charge is 0.197 e. The largest absolute Gasteiger partial charge is 0.493 e. The fourth-order valence-corrected chi connectivity index (χ4v) is 2.01. The number of Topliss-reactive ketones (excluding diaryl/α,β-unsaturated/α-hetero) is 1. The van der Waals surface area contributed by atoms with Gasteiger partial charge in [-0.2, -0.15) is 0 Å². The summed E-state index contributed by atoms with van der Waals surface area (Å²) < 4.78 is 24.0. The summed E-state index contributed by atoms with van der Waals surface area (Å²) in [6.45, 7) is 0. The molecule has 2 rings (SSSR count). The van der Waals surface area contributed by atoms with E-state index in [1.165, 1.54) is 14.2 Å². The van der Waals surface area contributed by atoms with Crippen LogP contribution in [0.25, 0.3) is 0 Å². The molecule has 0 spiro atoms. The Hall–Kier alpha value is -1.58. The van der Waals surface area contributed by atoms with E-state index in [1.54, 1.807) is 6.07 Å². The van der Waals surface area contributed by atoms with Gasteiger partial charge in [0.15, 0.2) is 17.3 Å². The van der Waals surface area contributed by atoms with Crippen LogP contribution in [0, 0.1) is 5.82 Å². The fraction of sp³-hybridized carbons (Fsp3) is 0.417. The van der Waals surface area contributed by atoms with Gasteiger partial charge in [0.1, 0.15) is 5.78 Å². The molecular weight excluding hydrogens is 211 g/mol. The summed E-state index contributed by atoms with van der Waals surface area (Å²) in [5.74, 6) is 0.0626. The van der Waals surface area contributed by atoms with Gasteiger partial charge in [0.05, 0.1) is 14.2 Å². The standard InChI is InChI=1S/C12H13FO3/c1-15-10-5-7-3-4-8(14)6-9(7)11(13)12(10)16-2/h5H,3-4,6H2,1-2H3. The maximum absolute atomic E-state index is 14.0. The molecule has 0 radical (unpaired) electrons. The van der Waals surface area contributed by atoms with E-state index in [0.717, 1.165) is 5.56 Å². The van der Waals surface area contributed by atoms with Crippen LogP contribution in [0.2, 0.25) is 0 Å². The Labute approximate surface area is 93.2 Å². The van der Waals surface area contributed by atoms with Crippen molar-refractivity contribution in [3.05, 3.63) is 23.0 Å². The molecule has 1 aliphatic rings. The molecule has 0 atom stereocenters. The number of ether oxygens (including phenoxy) is 2. The second-order valence-electron chi connectivity index (χ2n) is 3.78. The molecule has 0 fully saturated rings. The highest BCUT2D eigenvalue weighted by molar-refractivity contribution is 5.83. The topological polar surface area (TPSA) is 35.5 Å². The summed E-state index contributed by atoms with van der Waals surface area (Å²) >= 11 is 0. The molecule has 16 heavy (non-hydrogen) atoms. The van der Waals surface area contributed by atoms with Crippen molar-refractivity contribution >= 4 is 5.78 Å². The van der Waals surface area contributed by atoms with Gasteiger partial charge < -0.3 is 9.47 Å². The van der Waals surface area contributed by atoms with Crippen LogP contribution in [0.4, 0.5) is 4.39 Å². The zero-order valence-corrected chi connectivity index (χ0v) is 9.30. The molecule has 86 valence electrons. The number of halogens is 1. The van der Waals surface area contributed by atoms with E-state index in [9.17, 15) is 9.18 Å². The van der Waals surface area contributed by atoms with Gasteiger partial charge in [-0.15, -0.1) is 0 Å². The van der Waals surface area contributed by atoms with E-state index in [1.807, 2.05) is 0 Å². The molecule has 0 saturated heterocycles. The van der Waals surface area contributed by atoms with Crippen molar-refractivity contribution < 1.29 is 18.7 Å².